The first kappa shape index (κ1) is 35.9. The number of aromatic hydroxyl groups is 1. The molecular weight excluding hydrogens is 604 g/mol. The minimum atomic E-state index is -0.288. The topological polar surface area (TPSA) is 78.4 Å². The predicted octanol–water partition coefficient (Wildman–Crippen LogP) is 10.6. The second-order valence-electron chi connectivity index (χ2n) is 13.2. The standard InChI is InChI=1S/C40H42N2O3.2C2H6/c43-35-21-11-18-30-36(35)40(45)38-34(42-32-20-10-8-17-29(32)25-27-14-5-2-6-15-27)23-22-33(37(38)39(30)44)41-31-19-9-7-16-28(31)24-26-12-3-1-4-13-26;2*1-2/h1-6,11-15,18,21-23,28-29,31-32,41-43H,7-10,16-17,19-20,24-25H2;2*1-2H3. The van der Waals surface area contributed by atoms with Gasteiger partial charge in [0.2, 0.25) is 0 Å². The van der Waals surface area contributed by atoms with E-state index in [2.05, 4.69) is 71.3 Å². The predicted molar refractivity (Wildman–Crippen MR) is 203 cm³/mol. The van der Waals surface area contributed by atoms with E-state index in [0.717, 1.165) is 57.1 Å². The number of phenolic OH excluding ortho intramolecular Hbond substituents is 1. The van der Waals surface area contributed by atoms with E-state index in [4.69, 9.17) is 0 Å². The summed E-state index contributed by atoms with van der Waals surface area (Å²) in [5, 5.41) is 18.3. The molecule has 4 aromatic carbocycles. The van der Waals surface area contributed by atoms with Gasteiger partial charge in [0.05, 0.1) is 16.7 Å². The Morgan fingerprint density at radius 2 is 0.980 bits per heavy atom. The smallest absolute Gasteiger partial charge is 0.200 e. The fraction of sp³-hybridized carbons (Fsp3) is 0.409. The van der Waals surface area contributed by atoms with Crippen molar-refractivity contribution in [1.29, 1.82) is 0 Å². The van der Waals surface area contributed by atoms with Gasteiger partial charge in [-0.05, 0) is 79.7 Å². The van der Waals surface area contributed by atoms with Crippen LogP contribution < -0.4 is 10.6 Å². The highest BCUT2D eigenvalue weighted by atomic mass is 16.3. The number of phenols is 1. The number of fused-ring (bicyclic) bond motifs is 2. The van der Waals surface area contributed by atoms with Crippen LogP contribution in [0.1, 0.15) is 122 Å². The van der Waals surface area contributed by atoms with Crippen LogP contribution in [0.4, 0.5) is 11.4 Å². The first-order valence-corrected chi connectivity index (χ1v) is 18.8. The van der Waals surface area contributed by atoms with E-state index in [1.165, 1.54) is 30.0 Å². The fourth-order valence-electron chi connectivity index (χ4n) is 8.06. The van der Waals surface area contributed by atoms with Gasteiger partial charge in [0.25, 0.3) is 0 Å². The Kier molecular flexibility index (Phi) is 12.7. The molecule has 0 amide bonds. The minimum absolute atomic E-state index is 0.110. The van der Waals surface area contributed by atoms with Crippen LogP contribution in [-0.4, -0.2) is 28.8 Å². The summed E-state index contributed by atoms with van der Waals surface area (Å²) < 4.78 is 0. The number of nitrogens with one attached hydrogen (secondary N) is 2. The molecule has 4 aromatic rings. The summed E-state index contributed by atoms with van der Waals surface area (Å²) in [6.07, 6.45) is 10.9. The van der Waals surface area contributed by atoms with Gasteiger partial charge in [-0.25, -0.2) is 0 Å². The monoisotopic (exact) mass is 658 g/mol. The lowest BCUT2D eigenvalue weighted by Crippen LogP contribution is -2.36. The number of carbonyl (C=O) groups excluding carboxylic acids is 2. The number of ketones is 2. The maximum atomic E-state index is 14.3. The van der Waals surface area contributed by atoms with Crippen molar-refractivity contribution in [1.82, 2.24) is 0 Å². The second kappa shape index (κ2) is 17.3. The SMILES string of the molecule is CC.CC.O=C1c2cccc(O)c2C(=O)c2c(NC3CCCCC3Cc3ccccc3)ccc(NC3CCCCC3Cc3ccccc3)c21. The van der Waals surface area contributed by atoms with Gasteiger partial charge in [0.15, 0.2) is 11.6 Å². The Balaban J connectivity index is 0.00000113. The number of rotatable bonds is 8. The highest BCUT2D eigenvalue weighted by Gasteiger charge is 2.38. The molecule has 0 radical (unpaired) electrons. The lowest BCUT2D eigenvalue weighted by atomic mass is 9.78. The molecule has 0 spiro atoms. The molecule has 0 aromatic heterocycles. The molecule has 2 saturated carbocycles. The largest absolute Gasteiger partial charge is 0.507 e. The Hall–Kier alpha value is -4.38. The maximum Gasteiger partial charge on any atom is 0.200 e. The van der Waals surface area contributed by atoms with Crippen molar-refractivity contribution in [3.8, 4) is 5.75 Å². The van der Waals surface area contributed by atoms with Gasteiger partial charge >= 0.3 is 0 Å². The summed E-state index contributed by atoms with van der Waals surface area (Å²) in [5.41, 5.74) is 5.26. The summed E-state index contributed by atoms with van der Waals surface area (Å²) in [6, 6.07) is 30.4. The van der Waals surface area contributed by atoms with Gasteiger partial charge in [-0.2, -0.15) is 0 Å². The van der Waals surface area contributed by atoms with Crippen LogP contribution in [0.5, 0.6) is 5.75 Å². The lowest BCUT2D eigenvalue weighted by molar-refractivity contribution is 0.0977. The van der Waals surface area contributed by atoms with Crippen LogP contribution in [0, 0.1) is 11.8 Å². The quantitative estimate of drug-likeness (QED) is 0.155. The van der Waals surface area contributed by atoms with Crippen molar-refractivity contribution < 1.29 is 14.7 Å². The van der Waals surface area contributed by atoms with Gasteiger partial charge in [0.1, 0.15) is 5.75 Å². The molecule has 3 aliphatic rings. The number of benzene rings is 4. The first-order chi connectivity index (χ1) is 24.1. The van der Waals surface area contributed by atoms with Crippen LogP contribution in [0.25, 0.3) is 0 Å². The molecule has 3 N–H and O–H groups in total. The van der Waals surface area contributed by atoms with E-state index < -0.39 is 0 Å². The van der Waals surface area contributed by atoms with Crippen LogP contribution in [-0.2, 0) is 12.8 Å². The summed E-state index contributed by atoms with van der Waals surface area (Å²) in [4.78, 5) is 28.5. The molecule has 4 unspecified atom stereocenters. The second-order valence-corrected chi connectivity index (χ2v) is 13.2. The van der Waals surface area contributed by atoms with Crippen molar-refractivity contribution in [2.75, 3.05) is 10.6 Å². The summed E-state index contributed by atoms with van der Waals surface area (Å²) >= 11 is 0. The molecule has 0 heterocycles. The van der Waals surface area contributed by atoms with Crippen molar-refractivity contribution in [2.45, 2.75) is 104 Å². The third-order valence-corrected chi connectivity index (χ3v) is 10.4. The van der Waals surface area contributed by atoms with Gasteiger partial charge < -0.3 is 15.7 Å². The summed E-state index contributed by atoms with van der Waals surface area (Å²) in [6.45, 7) is 8.00. The number of carbonyl (C=O) groups is 2. The summed E-state index contributed by atoms with van der Waals surface area (Å²) in [5.74, 6) is 0.216. The molecule has 5 nitrogen and oxygen atoms in total. The van der Waals surface area contributed by atoms with E-state index in [0.29, 0.717) is 28.7 Å². The number of hydrogen-bond acceptors (Lipinski definition) is 5. The molecule has 258 valence electrons. The average Bonchev–Trinajstić information content (AvgIpc) is 3.15. The molecule has 7 rings (SSSR count). The Morgan fingerprint density at radius 1 is 0.531 bits per heavy atom. The Labute approximate surface area is 293 Å². The van der Waals surface area contributed by atoms with Crippen LogP contribution in [0.3, 0.4) is 0 Å². The van der Waals surface area contributed by atoms with Gasteiger partial charge in [-0.3, -0.25) is 9.59 Å². The summed E-state index contributed by atoms with van der Waals surface area (Å²) in [7, 11) is 0. The van der Waals surface area contributed by atoms with Crippen molar-refractivity contribution in [3.05, 3.63) is 124 Å². The highest BCUT2D eigenvalue weighted by Crippen LogP contribution is 2.42. The van der Waals surface area contributed by atoms with Gasteiger partial charge in [0, 0.05) is 29.0 Å². The van der Waals surface area contributed by atoms with Gasteiger partial charge in [-0.1, -0.05) is 126 Å². The molecule has 5 heteroatoms. The van der Waals surface area contributed by atoms with Crippen molar-refractivity contribution >= 4 is 22.9 Å². The zero-order chi connectivity index (χ0) is 34.8. The van der Waals surface area contributed by atoms with E-state index in [1.54, 1.807) is 12.1 Å². The van der Waals surface area contributed by atoms with Crippen LogP contribution in [0.2, 0.25) is 0 Å². The molecule has 0 saturated heterocycles. The van der Waals surface area contributed by atoms with Crippen LogP contribution >= 0.6 is 0 Å². The third-order valence-electron chi connectivity index (χ3n) is 10.4. The minimum Gasteiger partial charge on any atom is -0.507 e. The van der Waals surface area contributed by atoms with E-state index in [9.17, 15) is 14.7 Å². The van der Waals surface area contributed by atoms with Crippen molar-refractivity contribution in [2.24, 2.45) is 11.8 Å². The van der Waals surface area contributed by atoms with E-state index in [1.807, 2.05) is 39.8 Å². The lowest BCUT2D eigenvalue weighted by Gasteiger charge is -2.36. The molecule has 4 atom stereocenters. The van der Waals surface area contributed by atoms with E-state index in [-0.39, 0.29) is 40.5 Å². The number of anilines is 2. The molecule has 2 fully saturated rings. The number of hydrogen-bond donors (Lipinski definition) is 3. The molecule has 3 aliphatic carbocycles. The molecular formula is C44H54N2O3. The zero-order valence-corrected chi connectivity index (χ0v) is 29.8. The first-order valence-electron chi connectivity index (χ1n) is 18.8. The molecule has 0 bridgehead atoms. The Bertz CT molecular complexity index is 1680. The average molecular weight is 659 g/mol. The zero-order valence-electron chi connectivity index (χ0n) is 29.8. The fourth-order valence-corrected chi connectivity index (χ4v) is 8.06. The maximum absolute atomic E-state index is 14.3. The highest BCUT2D eigenvalue weighted by molar-refractivity contribution is 6.32. The Morgan fingerprint density at radius 3 is 1.47 bits per heavy atom. The van der Waals surface area contributed by atoms with Gasteiger partial charge in [-0.15, -0.1) is 0 Å². The van der Waals surface area contributed by atoms with Crippen molar-refractivity contribution in [3.63, 3.8) is 0 Å². The van der Waals surface area contributed by atoms with Crippen LogP contribution in [0.15, 0.2) is 91.0 Å². The molecule has 0 aliphatic heterocycles. The molecule has 49 heavy (non-hydrogen) atoms. The third kappa shape index (κ3) is 8.09. The normalized spacial score (nSPS) is 21.1. The van der Waals surface area contributed by atoms with E-state index >= 15 is 0 Å².